The minimum absolute atomic E-state index is 0.498. The van der Waals surface area contributed by atoms with E-state index in [2.05, 4.69) is 42.3 Å². The van der Waals surface area contributed by atoms with Crippen LogP contribution in [0.2, 0.25) is 0 Å². The van der Waals surface area contributed by atoms with Crippen molar-refractivity contribution in [3.8, 4) is 0 Å². The van der Waals surface area contributed by atoms with Gasteiger partial charge in [0.1, 0.15) is 0 Å². The second kappa shape index (κ2) is 4.97. The van der Waals surface area contributed by atoms with Gasteiger partial charge in [0, 0.05) is 23.0 Å². The van der Waals surface area contributed by atoms with E-state index in [0.29, 0.717) is 6.04 Å². The van der Waals surface area contributed by atoms with Crippen LogP contribution in [0.1, 0.15) is 26.7 Å². The standard InChI is InChI=1S/C14H18N2/c1-3-6-11(2)16-14-10-15-9-12-7-4-5-8-13(12)14/h4-5,7-11,16H,3,6H2,1-2H3. The highest BCUT2D eigenvalue weighted by atomic mass is 14.9. The molecule has 0 amide bonds. The second-order valence-corrected chi connectivity index (χ2v) is 4.24. The summed E-state index contributed by atoms with van der Waals surface area (Å²) >= 11 is 0. The fraction of sp³-hybridized carbons (Fsp3) is 0.357. The highest BCUT2D eigenvalue weighted by molar-refractivity contribution is 5.92. The van der Waals surface area contributed by atoms with E-state index in [9.17, 15) is 0 Å². The zero-order valence-electron chi connectivity index (χ0n) is 9.90. The summed E-state index contributed by atoms with van der Waals surface area (Å²) in [7, 11) is 0. The van der Waals surface area contributed by atoms with E-state index in [1.165, 1.54) is 23.6 Å². The number of benzene rings is 1. The predicted octanol–water partition coefficient (Wildman–Crippen LogP) is 3.84. The van der Waals surface area contributed by atoms with Crippen LogP contribution in [0, 0.1) is 0 Å². The molecule has 0 aliphatic rings. The maximum Gasteiger partial charge on any atom is 0.0608 e. The molecular formula is C14H18N2. The molecule has 1 heterocycles. The molecule has 1 N–H and O–H groups in total. The fourth-order valence-corrected chi connectivity index (χ4v) is 2.00. The Bertz CT molecular complexity index is 460. The molecule has 0 aliphatic carbocycles. The molecule has 0 saturated carbocycles. The Labute approximate surface area is 96.7 Å². The van der Waals surface area contributed by atoms with Crippen LogP contribution in [0.4, 0.5) is 5.69 Å². The minimum atomic E-state index is 0.498. The fourth-order valence-electron chi connectivity index (χ4n) is 2.00. The lowest BCUT2D eigenvalue weighted by atomic mass is 10.1. The molecule has 84 valence electrons. The molecule has 1 unspecified atom stereocenters. The molecule has 1 aromatic carbocycles. The lowest BCUT2D eigenvalue weighted by Gasteiger charge is -2.15. The minimum Gasteiger partial charge on any atom is -0.381 e. The molecule has 0 fully saturated rings. The van der Waals surface area contributed by atoms with Gasteiger partial charge in [0.15, 0.2) is 0 Å². The van der Waals surface area contributed by atoms with Gasteiger partial charge < -0.3 is 5.32 Å². The van der Waals surface area contributed by atoms with Gasteiger partial charge in [-0.1, -0.05) is 37.6 Å². The van der Waals surface area contributed by atoms with Gasteiger partial charge in [-0.25, -0.2) is 0 Å². The number of aromatic nitrogens is 1. The molecule has 0 spiro atoms. The third-order valence-corrected chi connectivity index (χ3v) is 2.79. The van der Waals surface area contributed by atoms with Gasteiger partial charge >= 0.3 is 0 Å². The van der Waals surface area contributed by atoms with Crippen molar-refractivity contribution in [3.63, 3.8) is 0 Å². The Morgan fingerprint density at radius 3 is 2.88 bits per heavy atom. The Kier molecular flexibility index (Phi) is 3.40. The van der Waals surface area contributed by atoms with Crippen molar-refractivity contribution in [2.45, 2.75) is 32.7 Å². The molecule has 0 saturated heterocycles. The zero-order chi connectivity index (χ0) is 11.4. The van der Waals surface area contributed by atoms with E-state index in [1.807, 2.05) is 18.5 Å². The van der Waals surface area contributed by atoms with Gasteiger partial charge in [0.2, 0.25) is 0 Å². The molecule has 2 nitrogen and oxygen atoms in total. The van der Waals surface area contributed by atoms with Gasteiger partial charge in [-0.2, -0.15) is 0 Å². The molecule has 2 heteroatoms. The van der Waals surface area contributed by atoms with E-state index in [4.69, 9.17) is 0 Å². The Morgan fingerprint density at radius 1 is 1.25 bits per heavy atom. The smallest absolute Gasteiger partial charge is 0.0608 e. The van der Waals surface area contributed by atoms with Gasteiger partial charge in [-0.3, -0.25) is 4.98 Å². The van der Waals surface area contributed by atoms with E-state index >= 15 is 0 Å². The molecule has 1 aromatic heterocycles. The molecule has 0 radical (unpaired) electrons. The summed E-state index contributed by atoms with van der Waals surface area (Å²) in [6, 6.07) is 8.84. The van der Waals surface area contributed by atoms with Gasteiger partial charge in [-0.05, 0) is 13.3 Å². The third-order valence-electron chi connectivity index (χ3n) is 2.79. The monoisotopic (exact) mass is 214 g/mol. The first-order chi connectivity index (χ1) is 7.81. The van der Waals surface area contributed by atoms with E-state index in [-0.39, 0.29) is 0 Å². The molecule has 2 aromatic rings. The Hall–Kier alpha value is -1.57. The topological polar surface area (TPSA) is 24.9 Å². The van der Waals surface area contributed by atoms with Crippen molar-refractivity contribution in [1.29, 1.82) is 0 Å². The number of hydrogen-bond donors (Lipinski definition) is 1. The average Bonchev–Trinajstić information content (AvgIpc) is 2.30. The summed E-state index contributed by atoms with van der Waals surface area (Å²) in [5, 5.41) is 5.96. The van der Waals surface area contributed by atoms with Gasteiger partial charge in [-0.15, -0.1) is 0 Å². The maximum atomic E-state index is 4.26. The summed E-state index contributed by atoms with van der Waals surface area (Å²) < 4.78 is 0. The number of fused-ring (bicyclic) bond motifs is 1. The summed E-state index contributed by atoms with van der Waals surface area (Å²) in [6.45, 7) is 4.42. The molecule has 0 aliphatic heterocycles. The predicted molar refractivity (Wildman–Crippen MR) is 69.7 cm³/mol. The number of pyridine rings is 1. The van der Waals surface area contributed by atoms with Crippen LogP contribution < -0.4 is 5.32 Å². The molecule has 16 heavy (non-hydrogen) atoms. The summed E-state index contributed by atoms with van der Waals surface area (Å²) in [5.74, 6) is 0. The quantitative estimate of drug-likeness (QED) is 0.836. The first-order valence-corrected chi connectivity index (χ1v) is 5.90. The summed E-state index contributed by atoms with van der Waals surface area (Å²) in [5.41, 5.74) is 1.14. The van der Waals surface area contributed by atoms with Crippen LogP contribution >= 0.6 is 0 Å². The maximum absolute atomic E-state index is 4.26. The zero-order valence-corrected chi connectivity index (χ0v) is 9.90. The van der Waals surface area contributed by atoms with Gasteiger partial charge in [0.05, 0.1) is 11.9 Å². The van der Waals surface area contributed by atoms with Crippen molar-refractivity contribution in [3.05, 3.63) is 36.7 Å². The van der Waals surface area contributed by atoms with Crippen LogP contribution in [0.3, 0.4) is 0 Å². The SMILES string of the molecule is CCCC(C)Nc1cncc2ccccc12. The van der Waals surface area contributed by atoms with Crippen LogP contribution in [-0.2, 0) is 0 Å². The molecule has 0 bridgehead atoms. The van der Waals surface area contributed by atoms with Crippen molar-refractivity contribution in [2.24, 2.45) is 0 Å². The second-order valence-electron chi connectivity index (χ2n) is 4.24. The summed E-state index contributed by atoms with van der Waals surface area (Å²) in [4.78, 5) is 4.26. The van der Waals surface area contributed by atoms with E-state index in [1.54, 1.807) is 0 Å². The molecular weight excluding hydrogens is 196 g/mol. The lowest BCUT2D eigenvalue weighted by Crippen LogP contribution is -2.14. The van der Waals surface area contributed by atoms with Crippen molar-refractivity contribution in [2.75, 3.05) is 5.32 Å². The largest absolute Gasteiger partial charge is 0.381 e. The lowest BCUT2D eigenvalue weighted by molar-refractivity contribution is 0.691. The highest BCUT2D eigenvalue weighted by Crippen LogP contribution is 2.22. The average molecular weight is 214 g/mol. The number of nitrogens with one attached hydrogen (secondary N) is 1. The number of hydrogen-bond acceptors (Lipinski definition) is 2. The van der Waals surface area contributed by atoms with Crippen molar-refractivity contribution in [1.82, 2.24) is 4.98 Å². The molecule has 2 rings (SSSR count). The summed E-state index contributed by atoms with van der Waals surface area (Å²) in [6.07, 6.45) is 6.20. The Morgan fingerprint density at radius 2 is 2.06 bits per heavy atom. The number of rotatable bonds is 4. The van der Waals surface area contributed by atoms with Crippen molar-refractivity contribution >= 4 is 16.5 Å². The first kappa shape index (κ1) is 10.9. The first-order valence-electron chi connectivity index (χ1n) is 5.90. The van der Waals surface area contributed by atoms with Crippen LogP contribution in [0.5, 0.6) is 0 Å². The van der Waals surface area contributed by atoms with Crippen molar-refractivity contribution < 1.29 is 0 Å². The normalized spacial score (nSPS) is 12.6. The number of anilines is 1. The van der Waals surface area contributed by atoms with E-state index < -0.39 is 0 Å². The molecule has 1 atom stereocenters. The Balaban J connectivity index is 2.30. The third kappa shape index (κ3) is 2.32. The van der Waals surface area contributed by atoms with E-state index in [0.717, 1.165) is 5.69 Å². The highest BCUT2D eigenvalue weighted by Gasteiger charge is 2.04. The van der Waals surface area contributed by atoms with Crippen LogP contribution in [0.25, 0.3) is 10.8 Å². The number of nitrogens with zero attached hydrogens (tertiary/aromatic N) is 1. The van der Waals surface area contributed by atoms with Crippen LogP contribution in [0.15, 0.2) is 36.7 Å². The van der Waals surface area contributed by atoms with Gasteiger partial charge in [0.25, 0.3) is 0 Å². The van der Waals surface area contributed by atoms with Crippen LogP contribution in [-0.4, -0.2) is 11.0 Å².